The average Bonchev–Trinajstić information content (AvgIpc) is 2.67. The van der Waals surface area contributed by atoms with Crippen molar-refractivity contribution in [2.24, 2.45) is 0 Å². The molecule has 0 bridgehead atoms. The molecule has 0 aliphatic rings. The first-order chi connectivity index (χ1) is 12.7. The van der Waals surface area contributed by atoms with Crippen molar-refractivity contribution in [3.8, 4) is 11.5 Å². The SMILES string of the molecule is COc1ccccc1CCNC(=O)CNC(=O)CCOc1ccccc1. The van der Waals surface area contributed by atoms with Crippen LogP contribution in [0, 0.1) is 0 Å². The van der Waals surface area contributed by atoms with Gasteiger partial charge in [0.25, 0.3) is 0 Å². The molecule has 0 aromatic heterocycles. The fourth-order valence-electron chi connectivity index (χ4n) is 2.35. The number of methoxy groups -OCH3 is 1. The van der Waals surface area contributed by atoms with E-state index < -0.39 is 0 Å². The quantitative estimate of drug-likeness (QED) is 0.682. The summed E-state index contributed by atoms with van der Waals surface area (Å²) >= 11 is 0. The van der Waals surface area contributed by atoms with Crippen molar-refractivity contribution < 1.29 is 19.1 Å². The molecule has 0 atom stereocenters. The maximum absolute atomic E-state index is 11.8. The Kier molecular flexibility index (Phi) is 7.99. The third kappa shape index (κ3) is 6.84. The second-order valence-corrected chi connectivity index (χ2v) is 5.60. The third-order valence-electron chi connectivity index (χ3n) is 3.70. The number of hydrogen-bond donors (Lipinski definition) is 2. The predicted molar refractivity (Wildman–Crippen MR) is 99.3 cm³/mol. The van der Waals surface area contributed by atoms with E-state index in [-0.39, 0.29) is 31.4 Å². The van der Waals surface area contributed by atoms with Gasteiger partial charge in [-0.3, -0.25) is 9.59 Å². The molecule has 2 N–H and O–H groups in total. The van der Waals surface area contributed by atoms with Crippen molar-refractivity contribution in [1.29, 1.82) is 0 Å². The molecule has 0 radical (unpaired) electrons. The van der Waals surface area contributed by atoms with E-state index >= 15 is 0 Å². The molecule has 0 spiro atoms. The molecule has 0 aliphatic carbocycles. The van der Waals surface area contributed by atoms with E-state index in [0.29, 0.717) is 13.0 Å². The van der Waals surface area contributed by atoms with Crippen molar-refractivity contribution in [2.45, 2.75) is 12.8 Å². The summed E-state index contributed by atoms with van der Waals surface area (Å²) in [5.74, 6) is 1.07. The first-order valence-corrected chi connectivity index (χ1v) is 8.52. The van der Waals surface area contributed by atoms with Gasteiger partial charge in [-0.1, -0.05) is 36.4 Å². The lowest BCUT2D eigenvalue weighted by Gasteiger charge is -2.10. The lowest BCUT2D eigenvalue weighted by molar-refractivity contribution is -0.126. The number of carbonyl (C=O) groups excluding carboxylic acids is 2. The molecular formula is C20H24N2O4. The Morgan fingerprint density at radius 2 is 1.65 bits per heavy atom. The van der Waals surface area contributed by atoms with Crippen LogP contribution in [0.25, 0.3) is 0 Å². The number of amides is 2. The summed E-state index contributed by atoms with van der Waals surface area (Å²) in [6.45, 7) is 0.702. The Balaban J connectivity index is 1.58. The molecule has 2 rings (SSSR count). The van der Waals surface area contributed by atoms with Crippen LogP contribution in [0.3, 0.4) is 0 Å². The number of carbonyl (C=O) groups is 2. The minimum Gasteiger partial charge on any atom is -0.496 e. The van der Waals surface area contributed by atoms with Crippen LogP contribution in [-0.2, 0) is 16.0 Å². The highest BCUT2D eigenvalue weighted by Gasteiger charge is 2.07. The highest BCUT2D eigenvalue weighted by molar-refractivity contribution is 5.84. The van der Waals surface area contributed by atoms with Crippen molar-refractivity contribution in [3.63, 3.8) is 0 Å². The van der Waals surface area contributed by atoms with Gasteiger partial charge in [-0.15, -0.1) is 0 Å². The van der Waals surface area contributed by atoms with E-state index in [1.807, 2.05) is 54.6 Å². The maximum Gasteiger partial charge on any atom is 0.239 e. The fraction of sp³-hybridized carbons (Fsp3) is 0.300. The van der Waals surface area contributed by atoms with Gasteiger partial charge in [0.1, 0.15) is 11.5 Å². The van der Waals surface area contributed by atoms with Crippen LogP contribution in [0.1, 0.15) is 12.0 Å². The van der Waals surface area contributed by atoms with Gasteiger partial charge in [-0.2, -0.15) is 0 Å². The van der Waals surface area contributed by atoms with Crippen LogP contribution >= 0.6 is 0 Å². The van der Waals surface area contributed by atoms with E-state index in [9.17, 15) is 9.59 Å². The van der Waals surface area contributed by atoms with Gasteiger partial charge < -0.3 is 20.1 Å². The normalized spacial score (nSPS) is 10.0. The topological polar surface area (TPSA) is 76.7 Å². The minimum atomic E-state index is -0.225. The summed E-state index contributed by atoms with van der Waals surface area (Å²) in [5.41, 5.74) is 1.03. The summed E-state index contributed by atoms with van der Waals surface area (Å²) in [6.07, 6.45) is 0.859. The molecule has 0 saturated heterocycles. The molecule has 0 heterocycles. The maximum atomic E-state index is 11.8. The predicted octanol–water partition coefficient (Wildman–Crippen LogP) is 1.94. The van der Waals surface area contributed by atoms with Crippen LogP contribution in [0.5, 0.6) is 11.5 Å². The summed E-state index contributed by atoms with van der Waals surface area (Å²) in [5, 5.41) is 5.36. The lowest BCUT2D eigenvalue weighted by atomic mass is 10.1. The summed E-state index contributed by atoms with van der Waals surface area (Å²) in [4.78, 5) is 23.5. The fourth-order valence-corrected chi connectivity index (χ4v) is 2.35. The van der Waals surface area contributed by atoms with E-state index in [0.717, 1.165) is 17.1 Å². The monoisotopic (exact) mass is 356 g/mol. The van der Waals surface area contributed by atoms with Gasteiger partial charge in [0.05, 0.1) is 26.7 Å². The number of para-hydroxylation sites is 2. The van der Waals surface area contributed by atoms with Crippen molar-refractivity contribution in [1.82, 2.24) is 10.6 Å². The molecule has 0 aliphatic heterocycles. The summed E-state index contributed by atoms with van der Waals surface area (Å²) < 4.78 is 10.7. The molecule has 0 unspecified atom stereocenters. The second kappa shape index (κ2) is 10.8. The highest BCUT2D eigenvalue weighted by Crippen LogP contribution is 2.17. The molecule has 2 aromatic carbocycles. The summed E-state index contributed by atoms with van der Waals surface area (Å²) in [6, 6.07) is 16.9. The van der Waals surface area contributed by atoms with Crippen LogP contribution in [0.2, 0.25) is 0 Å². The van der Waals surface area contributed by atoms with Crippen molar-refractivity contribution in [2.75, 3.05) is 26.8 Å². The molecule has 26 heavy (non-hydrogen) atoms. The average molecular weight is 356 g/mol. The molecular weight excluding hydrogens is 332 g/mol. The lowest BCUT2D eigenvalue weighted by Crippen LogP contribution is -2.38. The Bertz CT molecular complexity index is 704. The van der Waals surface area contributed by atoms with Crippen LogP contribution in [0.4, 0.5) is 0 Å². The molecule has 6 heteroatoms. The zero-order valence-electron chi connectivity index (χ0n) is 14.9. The van der Waals surface area contributed by atoms with Gasteiger partial charge in [-0.25, -0.2) is 0 Å². The van der Waals surface area contributed by atoms with Gasteiger partial charge in [0.2, 0.25) is 11.8 Å². The smallest absolute Gasteiger partial charge is 0.239 e. The van der Waals surface area contributed by atoms with Gasteiger partial charge in [0, 0.05) is 6.54 Å². The zero-order chi connectivity index (χ0) is 18.6. The van der Waals surface area contributed by atoms with E-state index in [2.05, 4.69) is 10.6 Å². The molecule has 2 aromatic rings. The molecule has 6 nitrogen and oxygen atoms in total. The van der Waals surface area contributed by atoms with Gasteiger partial charge in [-0.05, 0) is 30.2 Å². The summed E-state index contributed by atoms with van der Waals surface area (Å²) in [7, 11) is 1.62. The Morgan fingerprint density at radius 1 is 0.923 bits per heavy atom. The van der Waals surface area contributed by atoms with Crippen molar-refractivity contribution in [3.05, 3.63) is 60.2 Å². The largest absolute Gasteiger partial charge is 0.496 e. The van der Waals surface area contributed by atoms with E-state index in [1.165, 1.54) is 0 Å². The molecule has 138 valence electrons. The van der Waals surface area contributed by atoms with Crippen molar-refractivity contribution >= 4 is 11.8 Å². The van der Waals surface area contributed by atoms with Crippen LogP contribution in [-0.4, -0.2) is 38.6 Å². The molecule has 2 amide bonds. The number of hydrogen-bond acceptors (Lipinski definition) is 4. The van der Waals surface area contributed by atoms with E-state index in [1.54, 1.807) is 7.11 Å². The minimum absolute atomic E-state index is 0.0455. The van der Waals surface area contributed by atoms with Crippen LogP contribution in [0.15, 0.2) is 54.6 Å². The Labute approximate surface area is 153 Å². The van der Waals surface area contributed by atoms with Gasteiger partial charge >= 0.3 is 0 Å². The standard InChI is InChI=1S/C20H24N2O4/c1-25-18-10-6-5-7-16(18)11-13-21-20(24)15-22-19(23)12-14-26-17-8-3-2-4-9-17/h2-10H,11-15H2,1H3,(H,21,24)(H,22,23). The number of benzene rings is 2. The number of ether oxygens (including phenoxy) is 2. The Morgan fingerprint density at radius 3 is 2.42 bits per heavy atom. The second-order valence-electron chi connectivity index (χ2n) is 5.60. The van der Waals surface area contributed by atoms with Gasteiger partial charge in [0.15, 0.2) is 0 Å². The first kappa shape index (κ1) is 19.3. The molecule has 0 fully saturated rings. The molecule has 0 saturated carbocycles. The first-order valence-electron chi connectivity index (χ1n) is 8.52. The van der Waals surface area contributed by atoms with E-state index in [4.69, 9.17) is 9.47 Å². The highest BCUT2D eigenvalue weighted by atomic mass is 16.5. The number of rotatable bonds is 10. The Hall–Kier alpha value is -3.02. The number of nitrogens with one attached hydrogen (secondary N) is 2. The zero-order valence-corrected chi connectivity index (χ0v) is 14.9. The van der Waals surface area contributed by atoms with Crippen LogP contribution < -0.4 is 20.1 Å². The third-order valence-corrected chi connectivity index (χ3v) is 3.70.